The Morgan fingerprint density at radius 2 is 2.18 bits per heavy atom. The number of nitrogens with two attached hydrogens (primary N) is 1. The largest absolute Gasteiger partial charge is 0.392 e. The van der Waals surface area contributed by atoms with Crippen LogP contribution < -0.4 is 11.1 Å². The lowest BCUT2D eigenvalue weighted by molar-refractivity contribution is 0.182. The fraction of sp³-hybridized carbons (Fsp3) is 0.318. The SMILES string of the molecule is CCN=C(N)S[C@@]1([C@@H](C)O)CC1c1cc(Nc2ncnc3cc(C#N)cnc23)cc(F)c1F. The lowest BCUT2D eigenvalue weighted by Gasteiger charge is -2.20. The first-order valence-corrected chi connectivity index (χ1v) is 11.0. The number of aliphatic imine (C=N–C) groups is 1. The Labute approximate surface area is 193 Å². The number of aromatic nitrogens is 3. The van der Waals surface area contributed by atoms with E-state index in [1.807, 2.05) is 13.0 Å². The molecule has 1 unspecified atom stereocenters. The topological polar surface area (TPSA) is 133 Å². The molecule has 0 radical (unpaired) electrons. The van der Waals surface area contributed by atoms with Crippen molar-refractivity contribution in [2.75, 3.05) is 11.9 Å². The summed E-state index contributed by atoms with van der Waals surface area (Å²) in [4.78, 5) is 16.6. The van der Waals surface area contributed by atoms with E-state index >= 15 is 0 Å². The molecule has 4 N–H and O–H groups in total. The minimum atomic E-state index is -1.03. The lowest BCUT2D eigenvalue weighted by atomic mass is 10.0. The highest BCUT2D eigenvalue weighted by Gasteiger charge is 2.60. The van der Waals surface area contributed by atoms with E-state index in [9.17, 15) is 13.9 Å². The maximum atomic E-state index is 14.8. The standard InChI is InChI=1S/C22H21F2N7OS/c1-3-27-21(26)33-22(11(2)32)7-15(22)14-5-13(6-16(23)18(14)24)31-20-19-17(29-10-30-20)4-12(8-25)9-28-19/h4-6,9-11,15,32H,3,7H2,1-2H3,(H2,26,27)(H,29,30,31)/t11-,15?,22-/m1/s1. The van der Waals surface area contributed by atoms with E-state index in [1.54, 1.807) is 13.0 Å². The van der Waals surface area contributed by atoms with Crippen LogP contribution in [0, 0.1) is 23.0 Å². The number of hydrogen-bond acceptors (Lipinski definition) is 8. The number of rotatable bonds is 6. The van der Waals surface area contributed by atoms with Crippen LogP contribution in [0.3, 0.4) is 0 Å². The Bertz CT molecular complexity index is 1290. The molecule has 11 heteroatoms. The van der Waals surface area contributed by atoms with E-state index < -0.39 is 28.4 Å². The van der Waals surface area contributed by atoms with Gasteiger partial charge in [0.15, 0.2) is 22.6 Å². The number of pyridine rings is 1. The number of thioether (sulfide) groups is 1. The van der Waals surface area contributed by atoms with Crippen molar-refractivity contribution in [1.29, 1.82) is 5.26 Å². The van der Waals surface area contributed by atoms with Crippen molar-refractivity contribution >= 4 is 39.5 Å². The van der Waals surface area contributed by atoms with Crippen molar-refractivity contribution in [3.05, 3.63) is 53.5 Å². The van der Waals surface area contributed by atoms with Crippen LogP contribution in [0.25, 0.3) is 11.0 Å². The third-order valence-corrected chi connectivity index (χ3v) is 7.08. The molecule has 3 aromatic rings. The maximum absolute atomic E-state index is 14.8. The maximum Gasteiger partial charge on any atom is 0.162 e. The summed E-state index contributed by atoms with van der Waals surface area (Å²) in [6.07, 6.45) is 2.28. The predicted octanol–water partition coefficient (Wildman–Crippen LogP) is 3.59. The average Bonchev–Trinajstić information content (AvgIpc) is 3.51. The summed E-state index contributed by atoms with van der Waals surface area (Å²) >= 11 is 1.19. The van der Waals surface area contributed by atoms with Crippen molar-refractivity contribution in [3.63, 3.8) is 0 Å². The van der Waals surface area contributed by atoms with Crippen molar-refractivity contribution in [3.8, 4) is 6.07 Å². The summed E-state index contributed by atoms with van der Waals surface area (Å²) in [5, 5.41) is 22.7. The normalized spacial score (nSPS) is 21.0. The van der Waals surface area contributed by atoms with Gasteiger partial charge in [-0.3, -0.25) is 4.99 Å². The molecule has 0 spiro atoms. The molecule has 0 bridgehead atoms. The molecular weight excluding hydrogens is 448 g/mol. The number of hydrogen-bond donors (Lipinski definition) is 3. The quantitative estimate of drug-likeness (QED) is 0.368. The van der Waals surface area contributed by atoms with Gasteiger partial charge in [-0.25, -0.2) is 23.7 Å². The Hall–Kier alpha value is -3.36. The van der Waals surface area contributed by atoms with E-state index in [2.05, 4.69) is 25.3 Å². The molecule has 2 aromatic heterocycles. The second-order valence-electron chi connectivity index (χ2n) is 7.71. The van der Waals surface area contributed by atoms with Gasteiger partial charge in [0, 0.05) is 30.4 Å². The van der Waals surface area contributed by atoms with Crippen LogP contribution in [-0.2, 0) is 0 Å². The van der Waals surface area contributed by atoms with Crippen LogP contribution in [0.4, 0.5) is 20.3 Å². The van der Waals surface area contributed by atoms with Crippen molar-refractivity contribution in [2.45, 2.75) is 37.0 Å². The van der Waals surface area contributed by atoms with E-state index in [1.165, 1.54) is 30.4 Å². The molecule has 1 aromatic carbocycles. The summed E-state index contributed by atoms with van der Waals surface area (Å²) in [7, 11) is 0. The average molecular weight is 470 g/mol. The Morgan fingerprint density at radius 1 is 1.39 bits per heavy atom. The molecule has 1 aliphatic carbocycles. The lowest BCUT2D eigenvalue weighted by Crippen LogP contribution is -2.28. The summed E-state index contributed by atoms with van der Waals surface area (Å²) in [5.41, 5.74) is 7.50. The van der Waals surface area contributed by atoms with E-state index in [4.69, 9.17) is 11.0 Å². The van der Waals surface area contributed by atoms with Crippen LogP contribution in [0.5, 0.6) is 0 Å². The summed E-state index contributed by atoms with van der Waals surface area (Å²) < 4.78 is 28.6. The highest BCUT2D eigenvalue weighted by atomic mass is 32.2. The van der Waals surface area contributed by atoms with Gasteiger partial charge in [0.1, 0.15) is 17.9 Å². The monoisotopic (exact) mass is 469 g/mol. The molecule has 1 aliphatic rings. The zero-order valence-electron chi connectivity index (χ0n) is 17.9. The van der Waals surface area contributed by atoms with Crippen LogP contribution >= 0.6 is 11.8 Å². The molecule has 0 aliphatic heterocycles. The molecule has 0 amide bonds. The van der Waals surface area contributed by atoms with Gasteiger partial charge in [-0.2, -0.15) is 5.26 Å². The second kappa shape index (κ2) is 8.88. The number of anilines is 2. The van der Waals surface area contributed by atoms with Gasteiger partial charge in [-0.1, -0.05) is 11.8 Å². The smallest absolute Gasteiger partial charge is 0.162 e. The number of amidine groups is 1. The number of nitriles is 1. The zero-order valence-corrected chi connectivity index (χ0v) is 18.7. The molecule has 3 atom stereocenters. The molecule has 0 saturated heterocycles. The van der Waals surface area contributed by atoms with Crippen molar-refractivity contribution in [1.82, 2.24) is 15.0 Å². The minimum Gasteiger partial charge on any atom is -0.392 e. The highest BCUT2D eigenvalue weighted by Crippen LogP contribution is 2.63. The summed E-state index contributed by atoms with van der Waals surface area (Å²) in [6.45, 7) is 3.93. The summed E-state index contributed by atoms with van der Waals surface area (Å²) in [5.74, 6) is -2.17. The van der Waals surface area contributed by atoms with Gasteiger partial charge in [0.05, 0.1) is 21.9 Å². The first-order chi connectivity index (χ1) is 15.8. The van der Waals surface area contributed by atoms with E-state index in [0.29, 0.717) is 34.7 Å². The molecule has 33 heavy (non-hydrogen) atoms. The zero-order chi connectivity index (χ0) is 23.8. The molecule has 1 saturated carbocycles. The molecule has 4 rings (SSSR count). The van der Waals surface area contributed by atoms with Crippen LogP contribution in [0.15, 0.2) is 35.7 Å². The van der Waals surface area contributed by atoms with E-state index in [0.717, 1.165) is 6.07 Å². The van der Waals surface area contributed by atoms with Gasteiger partial charge in [0.2, 0.25) is 0 Å². The Balaban J connectivity index is 1.69. The van der Waals surface area contributed by atoms with Crippen LogP contribution in [-0.4, -0.2) is 42.6 Å². The molecule has 170 valence electrons. The molecule has 2 heterocycles. The fourth-order valence-electron chi connectivity index (χ4n) is 3.85. The Kier molecular flexibility index (Phi) is 6.14. The number of nitrogens with zero attached hydrogens (tertiary/aromatic N) is 5. The number of halogens is 2. The van der Waals surface area contributed by atoms with Gasteiger partial charge in [-0.05, 0) is 38.0 Å². The second-order valence-corrected chi connectivity index (χ2v) is 9.10. The third-order valence-electron chi connectivity index (χ3n) is 5.57. The third kappa shape index (κ3) is 4.31. The van der Waals surface area contributed by atoms with Crippen LogP contribution in [0.1, 0.15) is 37.3 Å². The molecule has 8 nitrogen and oxygen atoms in total. The number of fused-ring (bicyclic) bond motifs is 1. The van der Waals surface area contributed by atoms with E-state index in [-0.39, 0.29) is 17.1 Å². The van der Waals surface area contributed by atoms with Gasteiger partial charge in [-0.15, -0.1) is 0 Å². The number of aliphatic hydroxyl groups is 1. The van der Waals surface area contributed by atoms with Gasteiger partial charge < -0.3 is 16.2 Å². The summed E-state index contributed by atoms with van der Waals surface area (Å²) in [6, 6.07) is 6.08. The first-order valence-electron chi connectivity index (χ1n) is 10.2. The van der Waals surface area contributed by atoms with Crippen molar-refractivity contribution in [2.24, 2.45) is 10.7 Å². The highest BCUT2D eigenvalue weighted by molar-refractivity contribution is 8.15. The minimum absolute atomic E-state index is 0.133. The van der Waals surface area contributed by atoms with Gasteiger partial charge >= 0.3 is 0 Å². The van der Waals surface area contributed by atoms with Gasteiger partial charge in [0.25, 0.3) is 0 Å². The molecular formula is C22H21F2N7OS. The number of aliphatic hydroxyl groups excluding tert-OH is 1. The predicted molar refractivity (Wildman–Crippen MR) is 123 cm³/mol. The number of benzene rings is 1. The van der Waals surface area contributed by atoms with Crippen molar-refractivity contribution < 1.29 is 13.9 Å². The first kappa shape index (κ1) is 22.8. The Morgan fingerprint density at radius 3 is 2.88 bits per heavy atom. The molecule has 1 fully saturated rings. The fourth-order valence-corrected chi connectivity index (χ4v) is 5.12. The number of nitrogens with one attached hydrogen (secondary N) is 1. The van der Waals surface area contributed by atoms with Crippen LogP contribution in [0.2, 0.25) is 0 Å².